The summed E-state index contributed by atoms with van der Waals surface area (Å²) < 4.78 is 0.868. The molecule has 15 heavy (non-hydrogen) atoms. The summed E-state index contributed by atoms with van der Waals surface area (Å²) in [6.45, 7) is 0. The average molecular weight is 299 g/mol. The van der Waals surface area contributed by atoms with Crippen molar-refractivity contribution in [1.29, 1.82) is 0 Å². The second kappa shape index (κ2) is 4.88. The van der Waals surface area contributed by atoms with Crippen LogP contribution in [0.2, 0.25) is 0 Å². The first kappa shape index (κ1) is 10.8. The molecular weight excluding hydrogens is 292 g/mol. The molecule has 0 aliphatic carbocycles. The Morgan fingerprint density at radius 2 is 2.20 bits per heavy atom. The van der Waals surface area contributed by atoms with Gasteiger partial charge in [-0.25, -0.2) is 0 Å². The fourth-order valence-electron chi connectivity index (χ4n) is 1.09. The molecular formula is C11H7BrOS2. The van der Waals surface area contributed by atoms with Crippen LogP contribution in [0.15, 0.2) is 38.8 Å². The lowest BCUT2D eigenvalue weighted by molar-refractivity contribution is 0.105. The lowest BCUT2D eigenvalue weighted by Crippen LogP contribution is -1.89. The van der Waals surface area contributed by atoms with Crippen molar-refractivity contribution in [2.75, 3.05) is 0 Å². The van der Waals surface area contributed by atoms with E-state index in [2.05, 4.69) is 15.9 Å². The zero-order valence-corrected chi connectivity index (χ0v) is 10.9. The van der Waals surface area contributed by atoms with Crippen LogP contribution in [0.5, 0.6) is 0 Å². The van der Waals surface area contributed by atoms with Gasteiger partial charge in [0.1, 0.15) is 0 Å². The molecule has 2 aromatic heterocycles. The number of hydrogen-bond acceptors (Lipinski definition) is 3. The van der Waals surface area contributed by atoms with Crippen LogP contribution in [-0.4, -0.2) is 5.78 Å². The van der Waals surface area contributed by atoms with Crippen molar-refractivity contribution in [3.05, 3.63) is 49.3 Å². The Morgan fingerprint density at radius 1 is 1.33 bits per heavy atom. The lowest BCUT2D eigenvalue weighted by atomic mass is 10.2. The highest BCUT2D eigenvalue weighted by atomic mass is 79.9. The molecule has 0 aliphatic heterocycles. The number of halogens is 1. The van der Waals surface area contributed by atoms with E-state index in [1.165, 1.54) is 11.3 Å². The highest BCUT2D eigenvalue weighted by Gasteiger charge is 2.07. The smallest absolute Gasteiger partial charge is 0.196 e. The molecule has 0 spiro atoms. The maximum Gasteiger partial charge on any atom is 0.196 e. The van der Waals surface area contributed by atoms with E-state index in [9.17, 15) is 4.79 Å². The second-order valence-electron chi connectivity index (χ2n) is 2.85. The molecule has 2 aromatic rings. The van der Waals surface area contributed by atoms with Crippen LogP contribution >= 0.6 is 38.6 Å². The minimum Gasteiger partial charge on any atom is -0.288 e. The van der Waals surface area contributed by atoms with Crippen LogP contribution in [0.25, 0.3) is 6.08 Å². The van der Waals surface area contributed by atoms with Gasteiger partial charge in [0.25, 0.3) is 0 Å². The normalized spacial score (nSPS) is 11.0. The standard InChI is InChI=1S/C11H7BrOS2/c12-9-4-6-15-11(9)10(13)2-1-8-3-5-14-7-8/h1-7H/b2-1+. The van der Waals surface area contributed by atoms with Gasteiger partial charge in [-0.3, -0.25) is 4.79 Å². The molecule has 0 atom stereocenters. The molecule has 4 heteroatoms. The molecule has 76 valence electrons. The molecule has 0 bridgehead atoms. The third-order valence-electron chi connectivity index (χ3n) is 1.81. The number of carbonyl (C=O) groups is 1. The largest absolute Gasteiger partial charge is 0.288 e. The Morgan fingerprint density at radius 3 is 2.80 bits per heavy atom. The summed E-state index contributed by atoms with van der Waals surface area (Å²) in [4.78, 5) is 12.5. The molecule has 0 saturated heterocycles. The Kier molecular flexibility index (Phi) is 3.51. The minimum absolute atomic E-state index is 0.0445. The Hall–Kier alpha value is -0.710. The summed E-state index contributed by atoms with van der Waals surface area (Å²) in [6, 6.07) is 3.87. The van der Waals surface area contributed by atoms with E-state index in [-0.39, 0.29) is 5.78 Å². The Bertz CT molecular complexity index is 482. The predicted molar refractivity (Wildman–Crippen MR) is 69.7 cm³/mol. The van der Waals surface area contributed by atoms with Crippen molar-refractivity contribution in [2.24, 2.45) is 0 Å². The number of rotatable bonds is 3. The van der Waals surface area contributed by atoms with E-state index >= 15 is 0 Å². The number of allylic oxidation sites excluding steroid dienone is 1. The van der Waals surface area contributed by atoms with Crippen molar-refractivity contribution >= 4 is 50.5 Å². The molecule has 0 unspecified atom stereocenters. The second-order valence-corrected chi connectivity index (χ2v) is 5.40. The van der Waals surface area contributed by atoms with Crippen LogP contribution < -0.4 is 0 Å². The fraction of sp³-hybridized carbons (Fsp3) is 0. The summed E-state index contributed by atoms with van der Waals surface area (Å²) >= 11 is 6.42. The summed E-state index contributed by atoms with van der Waals surface area (Å²) in [5, 5.41) is 5.90. The van der Waals surface area contributed by atoms with Crippen LogP contribution in [-0.2, 0) is 0 Å². The van der Waals surface area contributed by atoms with Crippen LogP contribution in [0.1, 0.15) is 15.2 Å². The van der Waals surface area contributed by atoms with Crippen molar-refractivity contribution in [3.8, 4) is 0 Å². The van der Waals surface area contributed by atoms with E-state index in [0.29, 0.717) is 0 Å². The molecule has 2 heterocycles. The SMILES string of the molecule is O=C(/C=C/c1ccsc1)c1sccc1Br. The fourth-order valence-corrected chi connectivity index (χ4v) is 3.20. The van der Waals surface area contributed by atoms with Crippen LogP contribution in [0.4, 0.5) is 0 Å². The molecule has 0 N–H and O–H groups in total. The first-order valence-electron chi connectivity index (χ1n) is 4.25. The maximum atomic E-state index is 11.7. The molecule has 1 nitrogen and oxygen atoms in total. The molecule has 0 fully saturated rings. The van der Waals surface area contributed by atoms with Crippen molar-refractivity contribution in [2.45, 2.75) is 0 Å². The summed E-state index contributed by atoms with van der Waals surface area (Å²) in [6.07, 6.45) is 3.45. The lowest BCUT2D eigenvalue weighted by Gasteiger charge is -1.90. The average Bonchev–Trinajstić information content (AvgIpc) is 2.84. The number of hydrogen-bond donors (Lipinski definition) is 0. The number of carbonyl (C=O) groups excluding carboxylic acids is 1. The van der Waals surface area contributed by atoms with Crippen molar-refractivity contribution in [3.63, 3.8) is 0 Å². The van der Waals surface area contributed by atoms with Gasteiger partial charge >= 0.3 is 0 Å². The first-order valence-corrected chi connectivity index (χ1v) is 6.86. The number of ketones is 1. The minimum atomic E-state index is 0.0445. The maximum absolute atomic E-state index is 11.7. The molecule has 0 radical (unpaired) electrons. The third-order valence-corrected chi connectivity index (χ3v) is 4.37. The summed E-state index contributed by atoms with van der Waals surface area (Å²) in [7, 11) is 0. The van der Waals surface area contributed by atoms with Crippen molar-refractivity contribution < 1.29 is 4.79 Å². The van der Waals surface area contributed by atoms with E-state index < -0.39 is 0 Å². The van der Waals surface area contributed by atoms with Gasteiger partial charge in [0.15, 0.2) is 5.78 Å². The third kappa shape index (κ3) is 2.65. The van der Waals surface area contributed by atoms with Gasteiger partial charge < -0.3 is 0 Å². The van der Waals surface area contributed by atoms with E-state index in [0.717, 1.165) is 14.9 Å². The van der Waals surface area contributed by atoms with Gasteiger partial charge in [0, 0.05) is 4.47 Å². The van der Waals surface area contributed by atoms with Gasteiger partial charge in [0.05, 0.1) is 4.88 Å². The van der Waals surface area contributed by atoms with Gasteiger partial charge in [-0.1, -0.05) is 6.08 Å². The molecule has 0 aliphatic rings. The molecule has 0 amide bonds. The van der Waals surface area contributed by atoms with E-state index in [1.54, 1.807) is 17.4 Å². The summed E-state index contributed by atoms with van der Waals surface area (Å²) in [5.74, 6) is 0.0445. The summed E-state index contributed by atoms with van der Waals surface area (Å²) in [5.41, 5.74) is 1.07. The van der Waals surface area contributed by atoms with Crippen LogP contribution in [0, 0.1) is 0 Å². The van der Waals surface area contributed by atoms with Crippen molar-refractivity contribution in [1.82, 2.24) is 0 Å². The Labute approximate surface area is 104 Å². The van der Waals surface area contributed by atoms with Gasteiger partial charge in [-0.15, -0.1) is 11.3 Å². The zero-order chi connectivity index (χ0) is 10.7. The van der Waals surface area contributed by atoms with Crippen LogP contribution in [0.3, 0.4) is 0 Å². The highest BCUT2D eigenvalue weighted by Crippen LogP contribution is 2.23. The van der Waals surface area contributed by atoms with Gasteiger partial charge in [0.2, 0.25) is 0 Å². The molecule has 2 rings (SSSR count). The zero-order valence-electron chi connectivity index (χ0n) is 7.64. The topological polar surface area (TPSA) is 17.1 Å². The first-order chi connectivity index (χ1) is 7.27. The van der Waals surface area contributed by atoms with E-state index in [4.69, 9.17) is 0 Å². The molecule has 0 aromatic carbocycles. The molecule has 0 saturated carbocycles. The van der Waals surface area contributed by atoms with Gasteiger partial charge in [-0.2, -0.15) is 11.3 Å². The predicted octanol–water partition coefficient (Wildman–Crippen LogP) is 4.47. The monoisotopic (exact) mass is 298 g/mol. The number of thiophene rings is 2. The quantitative estimate of drug-likeness (QED) is 0.604. The Balaban J connectivity index is 2.14. The highest BCUT2D eigenvalue weighted by molar-refractivity contribution is 9.10. The van der Waals surface area contributed by atoms with E-state index in [1.807, 2.05) is 34.3 Å². The van der Waals surface area contributed by atoms with Gasteiger partial charge in [-0.05, 0) is 55.8 Å².